The second kappa shape index (κ2) is 6.99. The molecule has 0 atom stereocenters. The van der Waals surface area contributed by atoms with E-state index in [9.17, 15) is 0 Å². The highest BCUT2D eigenvalue weighted by molar-refractivity contribution is 9.10. The van der Waals surface area contributed by atoms with Gasteiger partial charge < -0.3 is 10.0 Å². The van der Waals surface area contributed by atoms with E-state index in [4.69, 9.17) is 10.0 Å². The van der Waals surface area contributed by atoms with Crippen molar-refractivity contribution in [3.05, 3.63) is 41.9 Å². The van der Waals surface area contributed by atoms with Crippen LogP contribution in [0, 0.1) is 0 Å². The maximum absolute atomic E-state index is 8.50. The number of rotatable bonds is 1. The van der Waals surface area contributed by atoms with Crippen molar-refractivity contribution >= 4 is 28.5 Å². The van der Waals surface area contributed by atoms with Crippen LogP contribution in [0.4, 0.5) is 0 Å². The van der Waals surface area contributed by atoms with E-state index < -0.39 is 7.12 Å². The second-order valence-corrected chi connectivity index (χ2v) is 3.52. The molecule has 0 fully saturated rings. The van der Waals surface area contributed by atoms with E-state index in [0.717, 1.165) is 4.47 Å². The van der Waals surface area contributed by atoms with Gasteiger partial charge in [-0.25, -0.2) is 19.9 Å². The fourth-order valence-corrected chi connectivity index (χ4v) is 0.961. The normalized spacial score (nSPS) is 8.94. The Hall–Kier alpha value is -1.38. The van der Waals surface area contributed by atoms with E-state index in [0.29, 0.717) is 5.46 Å². The van der Waals surface area contributed by atoms with Gasteiger partial charge in [0.25, 0.3) is 0 Å². The summed E-state index contributed by atoms with van der Waals surface area (Å²) in [5, 5.41) is 17.0. The summed E-state index contributed by atoms with van der Waals surface area (Å²) in [6.07, 6.45) is 8.88. The standard InChI is InChI=1S/C4H5BN2O2.C4H3BrN2/c8-5(9)4-1-6-3-7-2-4;5-4-1-6-3-7-2-4/h1-3,8-9H;1-3H. The molecule has 0 spiro atoms. The summed E-state index contributed by atoms with van der Waals surface area (Å²) in [6.45, 7) is 0. The molecule has 82 valence electrons. The molecule has 0 aliphatic carbocycles. The van der Waals surface area contributed by atoms with Gasteiger partial charge >= 0.3 is 7.12 Å². The molecule has 0 radical (unpaired) electrons. The van der Waals surface area contributed by atoms with Crippen molar-refractivity contribution in [3.63, 3.8) is 0 Å². The highest BCUT2D eigenvalue weighted by Gasteiger charge is 2.09. The van der Waals surface area contributed by atoms with Crippen molar-refractivity contribution in [1.29, 1.82) is 0 Å². The molecule has 0 bridgehead atoms. The van der Waals surface area contributed by atoms with Crippen molar-refractivity contribution in [1.82, 2.24) is 19.9 Å². The Bertz CT molecular complexity index is 403. The molecule has 2 heterocycles. The zero-order valence-corrected chi connectivity index (χ0v) is 9.69. The van der Waals surface area contributed by atoms with Crippen molar-refractivity contribution in [2.45, 2.75) is 0 Å². The topological polar surface area (TPSA) is 92.0 Å². The lowest BCUT2D eigenvalue weighted by Crippen LogP contribution is -2.30. The van der Waals surface area contributed by atoms with E-state index in [1.165, 1.54) is 25.0 Å². The summed E-state index contributed by atoms with van der Waals surface area (Å²) in [5.41, 5.74) is 0.303. The molecule has 0 unspecified atom stereocenters. The highest BCUT2D eigenvalue weighted by Crippen LogP contribution is 2.00. The maximum Gasteiger partial charge on any atom is 0.491 e. The predicted octanol–water partition coefficient (Wildman–Crippen LogP) is -0.605. The lowest BCUT2D eigenvalue weighted by molar-refractivity contribution is 0.425. The predicted molar refractivity (Wildman–Crippen MR) is 61.6 cm³/mol. The molecular formula is C8H8BBrN4O2. The van der Waals surface area contributed by atoms with Gasteiger partial charge in [-0.3, -0.25) is 0 Å². The van der Waals surface area contributed by atoms with Gasteiger partial charge in [-0.2, -0.15) is 0 Å². The number of aromatic nitrogens is 4. The highest BCUT2D eigenvalue weighted by atomic mass is 79.9. The van der Waals surface area contributed by atoms with Crippen LogP contribution in [-0.2, 0) is 0 Å². The van der Waals surface area contributed by atoms with Crippen molar-refractivity contribution in [2.75, 3.05) is 0 Å². The SMILES string of the molecule is Brc1cncnc1.OB(O)c1cncnc1. The van der Waals surface area contributed by atoms with Crippen molar-refractivity contribution in [3.8, 4) is 0 Å². The zero-order chi connectivity index (χ0) is 11.8. The summed E-state index contributed by atoms with van der Waals surface area (Å²) >= 11 is 3.19. The Morgan fingerprint density at radius 3 is 1.56 bits per heavy atom. The molecule has 0 saturated heterocycles. The maximum atomic E-state index is 8.50. The minimum absolute atomic E-state index is 0.303. The van der Waals surface area contributed by atoms with Gasteiger partial charge in [0, 0.05) is 30.3 Å². The Balaban J connectivity index is 0.000000165. The van der Waals surface area contributed by atoms with Crippen LogP contribution < -0.4 is 5.46 Å². The third-order valence-electron chi connectivity index (χ3n) is 1.41. The van der Waals surface area contributed by atoms with Crippen LogP contribution in [0.5, 0.6) is 0 Å². The molecular weight excluding hydrogens is 275 g/mol. The third kappa shape index (κ3) is 4.92. The van der Waals surface area contributed by atoms with Gasteiger partial charge in [0.2, 0.25) is 0 Å². The van der Waals surface area contributed by atoms with Gasteiger partial charge in [-0.15, -0.1) is 0 Å². The molecule has 2 aromatic rings. The Kier molecular flexibility index (Phi) is 5.55. The first-order valence-electron chi connectivity index (χ1n) is 4.21. The molecule has 2 N–H and O–H groups in total. The average molecular weight is 283 g/mol. The van der Waals surface area contributed by atoms with Gasteiger partial charge in [0.15, 0.2) is 0 Å². The van der Waals surface area contributed by atoms with Gasteiger partial charge in [0.1, 0.15) is 12.7 Å². The average Bonchev–Trinajstić information content (AvgIpc) is 2.32. The van der Waals surface area contributed by atoms with Crippen LogP contribution in [0.2, 0.25) is 0 Å². The fraction of sp³-hybridized carbons (Fsp3) is 0. The second-order valence-electron chi connectivity index (χ2n) is 2.60. The first kappa shape index (κ1) is 12.7. The van der Waals surface area contributed by atoms with Crippen LogP contribution in [0.15, 0.2) is 41.9 Å². The number of halogens is 1. The summed E-state index contributed by atoms with van der Waals surface area (Å²) in [4.78, 5) is 14.6. The monoisotopic (exact) mass is 282 g/mol. The number of hydrogen-bond acceptors (Lipinski definition) is 6. The molecule has 8 heteroatoms. The van der Waals surface area contributed by atoms with Crippen LogP contribution in [0.3, 0.4) is 0 Å². The lowest BCUT2D eigenvalue weighted by atomic mass is 9.83. The molecule has 2 aromatic heterocycles. The summed E-state index contributed by atoms with van der Waals surface area (Å²) < 4.78 is 0.912. The first-order valence-corrected chi connectivity index (χ1v) is 5.01. The van der Waals surface area contributed by atoms with Crippen LogP contribution in [0.25, 0.3) is 0 Å². The molecule has 6 nitrogen and oxygen atoms in total. The minimum Gasteiger partial charge on any atom is -0.423 e. The van der Waals surface area contributed by atoms with Gasteiger partial charge in [-0.05, 0) is 15.9 Å². The molecule has 0 aliphatic heterocycles. The van der Waals surface area contributed by atoms with Crippen LogP contribution in [0.1, 0.15) is 0 Å². The van der Waals surface area contributed by atoms with E-state index in [-0.39, 0.29) is 0 Å². The van der Waals surface area contributed by atoms with Crippen LogP contribution in [-0.4, -0.2) is 37.1 Å². The Morgan fingerprint density at radius 2 is 1.31 bits per heavy atom. The lowest BCUT2D eigenvalue weighted by Gasteiger charge is -1.92. The number of nitrogens with zero attached hydrogens (tertiary/aromatic N) is 4. The fourth-order valence-electron chi connectivity index (χ4n) is 0.725. The quantitative estimate of drug-likeness (QED) is 0.679. The molecule has 0 aromatic carbocycles. The van der Waals surface area contributed by atoms with E-state index in [2.05, 4.69) is 35.9 Å². The smallest absolute Gasteiger partial charge is 0.423 e. The largest absolute Gasteiger partial charge is 0.491 e. The zero-order valence-electron chi connectivity index (χ0n) is 8.10. The summed E-state index contributed by atoms with van der Waals surface area (Å²) in [5.74, 6) is 0. The molecule has 0 saturated carbocycles. The number of hydrogen-bond donors (Lipinski definition) is 2. The van der Waals surface area contributed by atoms with Crippen LogP contribution >= 0.6 is 15.9 Å². The van der Waals surface area contributed by atoms with Crippen molar-refractivity contribution in [2.24, 2.45) is 0 Å². The first-order chi connectivity index (χ1) is 7.70. The minimum atomic E-state index is -1.47. The van der Waals surface area contributed by atoms with Crippen molar-refractivity contribution < 1.29 is 10.0 Å². The van der Waals surface area contributed by atoms with E-state index >= 15 is 0 Å². The summed E-state index contributed by atoms with van der Waals surface area (Å²) in [6, 6.07) is 0. The third-order valence-corrected chi connectivity index (χ3v) is 1.82. The van der Waals surface area contributed by atoms with E-state index in [1.54, 1.807) is 12.4 Å². The summed E-state index contributed by atoms with van der Waals surface area (Å²) in [7, 11) is -1.47. The molecule has 0 aliphatic rings. The van der Waals surface area contributed by atoms with E-state index in [1.807, 2.05) is 0 Å². The molecule has 16 heavy (non-hydrogen) atoms. The molecule has 2 rings (SSSR count). The van der Waals surface area contributed by atoms with Gasteiger partial charge in [0.05, 0.1) is 4.47 Å². The van der Waals surface area contributed by atoms with Gasteiger partial charge in [-0.1, -0.05) is 0 Å². The Labute approximate surface area is 101 Å². The molecule has 0 amide bonds. The Morgan fingerprint density at radius 1 is 0.875 bits per heavy atom.